The van der Waals surface area contributed by atoms with Crippen molar-refractivity contribution in [2.24, 2.45) is 0 Å². The van der Waals surface area contributed by atoms with E-state index in [9.17, 15) is 26.0 Å². The second-order valence-electron chi connectivity index (χ2n) is 7.53. The molecule has 188 valence electrons. The second-order valence-corrected chi connectivity index (χ2v) is 10.1. The summed E-state index contributed by atoms with van der Waals surface area (Å²) in [5.41, 5.74) is 0.285. The molecule has 0 spiro atoms. The van der Waals surface area contributed by atoms with Crippen LogP contribution in [-0.4, -0.2) is 78.0 Å². The maximum atomic E-state index is 13.4. The fourth-order valence-corrected chi connectivity index (χ4v) is 4.35. The first-order chi connectivity index (χ1) is 15.8. The highest BCUT2D eigenvalue weighted by Gasteiger charge is 2.31. The fraction of sp³-hybridized carbons (Fsp3) is 0.500. The molecule has 2 aromatic rings. The van der Waals surface area contributed by atoms with Crippen LogP contribution in [0.1, 0.15) is 12.8 Å². The Morgan fingerprint density at radius 1 is 1.18 bits per heavy atom. The Balaban J connectivity index is 1.76. The topological polar surface area (TPSA) is 113 Å². The van der Waals surface area contributed by atoms with Gasteiger partial charge in [0.15, 0.2) is 6.61 Å². The molecule has 1 saturated heterocycles. The number of hydrogen-bond donors (Lipinski definition) is 2. The van der Waals surface area contributed by atoms with E-state index in [-0.39, 0.29) is 41.7 Å². The smallest absolute Gasteiger partial charge is 0.422 e. The van der Waals surface area contributed by atoms with E-state index in [1.807, 2.05) is 0 Å². The van der Waals surface area contributed by atoms with Crippen LogP contribution in [0.15, 0.2) is 18.2 Å². The van der Waals surface area contributed by atoms with E-state index < -0.39 is 34.8 Å². The molecular formula is C18H22ClF4N7O3S. The van der Waals surface area contributed by atoms with Crippen LogP contribution in [0.25, 0.3) is 0 Å². The Kier molecular flexibility index (Phi) is 8.00. The van der Waals surface area contributed by atoms with Gasteiger partial charge in [-0.05, 0) is 31.0 Å². The highest BCUT2D eigenvalue weighted by molar-refractivity contribution is 7.86. The lowest BCUT2D eigenvalue weighted by Gasteiger charge is -2.33. The average molecular weight is 528 g/mol. The van der Waals surface area contributed by atoms with Crippen LogP contribution < -0.4 is 15.4 Å². The standard InChI is InChI=1S/C18H22ClF4N7O3S/c1-29(2)34(31,32)30-7-5-11(6-8-30)24-15-26-16(25-12-3-4-14(20)13(19)9-12)28-17(27-15)33-10-18(21,22)23/h3-4,9,11H,5-8,10H2,1-2H3,(H2,24,25,26,27,28). The van der Waals surface area contributed by atoms with Gasteiger partial charge in [0.1, 0.15) is 5.82 Å². The molecule has 0 radical (unpaired) electrons. The summed E-state index contributed by atoms with van der Waals surface area (Å²) in [5.74, 6) is -0.885. The lowest BCUT2D eigenvalue weighted by atomic mass is 10.1. The first-order valence-electron chi connectivity index (χ1n) is 9.95. The lowest BCUT2D eigenvalue weighted by molar-refractivity contribution is -0.154. The summed E-state index contributed by atoms with van der Waals surface area (Å²) >= 11 is 5.75. The van der Waals surface area contributed by atoms with Crippen molar-refractivity contribution in [3.63, 3.8) is 0 Å². The minimum Gasteiger partial charge on any atom is -0.454 e. The molecule has 2 N–H and O–H groups in total. The normalized spacial score (nSPS) is 16.0. The van der Waals surface area contributed by atoms with Crippen LogP contribution in [0.5, 0.6) is 6.01 Å². The number of alkyl halides is 3. The Morgan fingerprint density at radius 2 is 1.82 bits per heavy atom. The number of rotatable bonds is 8. The maximum Gasteiger partial charge on any atom is 0.422 e. The Bertz CT molecular complexity index is 1110. The molecule has 2 heterocycles. The van der Waals surface area contributed by atoms with Crippen molar-refractivity contribution < 1.29 is 30.7 Å². The average Bonchev–Trinajstić information content (AvgIpc) is 2.74. The van der Waals surface area contributed by atoms with Crippen molar-refractivity contribution >= 4 is 39.4 Å². The first kappa shape index (κ1) is 26.1. The summed E-state index contributed by atoms with van der Waals surface area (Å²) in [7, 11) is -0.668. The van der Waals surface area contributed by atoms with Gasteiger partial charge < -0.3 is 15.4 Å². The molecule has 0 amide bonds. The number of nitrogens with zero attached hydrogens (tertiary/aromatic N) is 5. The van der Waals surface area contributed by atoms with Crippen LogP contribution in [-0.2, 0) is 10.2 Å². The van der Waals surface area contributed by atoms with Crippen LogP contribution >= 0.6 is 11.6 Å². The number of ether oxygens (including phenoxy) is 1. The van der Waals surface area contributed by atoms with Crippen molar-refractivity contribution in [3.8, 4) is 6.01 Å². The van der Waals surface area contributed by atoms with Crippen LogP contribution in [0.3, 0.4) is 0 Å². The molecule has 1 aliphatic rings. The van der Waals surface area contributed by atoms with Crippen molar-refractivity contribution in [2.45, 2.75) is 25.1 Å². The summed E-state index contributed by atoms with van der Waals surface area (Å²) < 4.78 is 82.8. The van der Waals surface area contributed by atoms with E-state index in [0.717, 1.165) is 10.4 Å². The first-order valence-corrected chi connectivity index (χ1v) is 11.7. The third kappa shape index (κ3) is 7.01. The summed E-state index contributed by atoms with van der Waals surface area (Å²) in [6.07, 6.45) is -3.79. The number of piperidine rings is 1. The third-order valence-corrected chi connectivity index (χ3v) is 6.96. The number of hydrogen-bond acceptors (Lipinski definition) is 8. The summed E-state index contributed by atoms with van der Waals surface area (Å²) in [6, 6.07) is 2.86. The van der Waals surface area contributed by atoms with E-state index >= 15 is 0 Å². The van der Waals surface area contributed by atoms with Gasteiger partial charge in [-0.25, -0.2) is 4.39 Å². The van der Waals surface area contributed by atoms with Gasteiger partial charge in [0.25, 0.3) is 10.2 Å². The lowest BCUT2D eigenvalue weighted by Crippen LogP contribution is -2.46. The van der Waals surface area contributed by atoms with E-state index in [2.05, 4.69) is 30.3 Å². The van der Waals surface area contributed by atoms with Gasteiger partial charge >= 0.3 is 12.2 Å². The van der Waals surface area contributed by atoms with E-state index in [0.29, 0.717) is 12.8 Å². The Morgan fingerprint density at radius 3 is 2.41 bits per heavy atom. The molecule has 0 unspecified atom stereocenters. The number of nitrogens with one attached hydrogen (secondary N) is 2. The quantitative estimate of drug-likeness (QED) is 0.504. The molecule has 0 saturated carbocycles. The van der Waals surface area contributed by atoms with E-state index in [4.69, 9.17) is 11.6 Å². The molecule has 34 heavy (non-hydrogen) atoms. The monoisotopic (exact) mass is 527 g/mol. The molecule has 1 aromatic heterocycles. The fourth-order valence-electron chi connectivity index (χ4n) is 3.04. The van der Waals surface area contributed by atoms with Crippen molar-refractivity contribution in [1.82, 2.24) is 23.6 Å². The number of halogens is 5. The second kappa shape index (κ2) is 10.4. The van der Waals surface area contributed by atoms with Gasteiger partial charge in [0, 0.05) is 38.9 Å². The van der Waals surface area contributed by atoms with Gasteiger partial charge in [-0.15, -0.1) is 0 Å². The number of benzene rings is 1. The molecule has 1 aliphatic heterocycles. The SMILES string of the molecule is CN(C)S(=O)(=O)N1CCC(Nc2nc(Nc3ccc(F)c(Cl)c3)nc(OCC(F)(F)F)n2)CC1. The van der Waals surface area contributed by atoms with Crippen molar-refractivity contribution in [2.75, 3.05) is 44.4 Å². The number of aromatic nitrogens is 3. The van der Waals surface area contributed by atoms with Crippen LogP contribution in [0.4, 0.5) is 35.1 Å². The minimum atomic E-state index is -4.61. The summed E-state index contributed by atoms with van der Waals surface area (Å²) in [6.45, 7) is -1.14. The van der Waals surface area contributed by atoms with E-state index in [1.165, 1.54) is 30.5 Å². The molecule has 0 atom stereocenters. The molecular weight excluding hydrogens is 506 g/mol. The molecule has 1 aromatic carbocycles. The van der Waals surface area contributed by atoms with Crippen LogP contribution in [0.2, 0.25) is 5.02 Å². The highest BCUT2D eigenvalue weighted by Crippen LogP contribution is 2.24. The zero-order valence-electron chi connectivity index (χ0n) is 18.1. The van der Waals surface area contributed by atoms with Gasteiger partial charge in [-0.2, -0.15) is 45.2 Å². The molecule has 3 rings (SSSR count). The summed E-state index contributed by atoms with van der Waals surface area (Å²) in [5, 5.41) is 5.53. The largest absolute Gasteiger partial charge is 0.454 e. The molecule has 1 fully saturated rings. The van der Waals surface area contributed by atoms with Gasteiger partial charge in [-0.3, -0.25) is 0 Å². The Hall–Kier alpha value is -2.49. The maximum absolute atomic E-state index is 13.4. The molecule has 10 nitrogen and oxygen atoms in total. The van der Waals surface area contributed by atoms with Gasteiger partial charge in [0.2, 0.25) is 11.9 Å². The summed E-state index contributed by atoms with van der Waals surface area (Å²) in [4.78, 5) is 11.8. The van der Waals surface area contributed by atoms with E-state index in [1.54, 1.807) is 0 Å². The Labute approximate surface area is 198 Å². The third-order valence-electron chi connectivity index (χ3n) is 4.73. The van der Waals surface area contributed by atoms with Crippen molar-refractivity contribution in [1.29, 1.82) is 0 Å². The zero-order valence-corrected chi connectivity index (χ0v) is 19.7. The molecule has 16 heteroatoms. The minimum absolute atomic E-state index is 0.0724. The van der Waals surface area contributed by atoms with Gasteiger partial charge in [-0.1, -0.05) is 11.6 Å². The predicted molar refractivity (Wildman–Crippen MR) is 117 cm³/mol. The number of anilines is 3. The highest BCUT2D eigenvalue weighted by atomic mass is 35.5. The van der Waals surface area contributed by atoms with Crippen molar-refractivity contribution in [3.05, 3.63) is 29.0 Å². The predicted octanol–water partition coefficient (Wildman–Crippen LogP) is 3.03. The molecule has 0 bridgehead atoms. The van der Waals surface area contributed by atoms with Crippen LogP contribution in [0, 0.1) is 5.82 Å². The molecule has 0 aliphatic carbocycles. The van der Waals surface area contributed by atoms with Gasteiger partial charge in [0.05, 0.1) is 5.02 Å². The zero-order chi connectivity index (χ0) is 25.1.